The molecule has 2 aliphatic heterocycles. The van der Waals surface area contributed by atoms with Crippen LogP contribution in [0.2, 0.25) is 0 Å². The molecule has 3 aromatic carbocycles. The average molecular weight is 527 g/mol. The molecule has 2 saturated carbocycles. The third kappa shape index (κ3) is 3.62. The van der Waals surface area contributed by atoms with Gasteiger partial charge in [-0.25, -0.2) is 9.97 Å². The molecule has 0 bridgehead atoms. The standard InChI is InChI=1S/C34H34N6/c1-33-13-25(37-29(33)15-33)31-35-17-27(39-31)20-5-3-19(4-6-20)21-7-8-23-12-24(10-9-22(23)11-21)28-18-36-32(40-28)26-14-34(2)16-30(34)38-26/h3-12,17-18,25-26,29-30,37-38H,13-16H2,1-2H3,(H,35,39)(H,36,40)/t25-,26-,29-,30-,33+,34+/m0/s1. The van der Waals surface area contributed by atoms with Crippen molar-refractivity contribution >= 4 is 10.8 Å². The number of hydrogen-bond donors (Lipinski definition) is 4. The lowest BCUT2D eigenvalue weighted by atomic mass is 9.98. The number of hydrogen-bond acceptors (Lipinski definition) is 4. The molecule has 6 nitrogen and oxygen atoms in total. The molecule has 4 N–H and O–H groups in total. The molecule has 0 radical (unpaired) electrons. The molecule has 5 aromatic rings. The van der Waals surface area contributed by atoms with Crippen molar-refractivity contribution in [1.82, 2.24) is 30.6 Å². The van der Waals surface area contributed by atoms with E-state index in [2.05, 4.69) is 95.1 Å². The van der Waals surface area contributed by atoms with Crippen LogP contribution < -0.4 is 10.6 Å². The molecule has 0 amide bonds. The summed E-state index contributed by atoms with van der Waals surface area (Å²) in [7, 11) is 0. The van der Waals surface area contributed by atoms with Crippen LogP contribution in [0.1, 0.15) is 63.3 Å². The molecule has 2 aromatic heterocycles. The fourth-order valence-corrected chi connectivity index (χ4v) is 7.43. The number of H-pyrrole nitrogens is 2. The molecule has 9 rings (SSSR count). The van der Waals surface area contributed by atoms with E-state index in [9.17, 15) is 0 Å². The molecule has 200 valence electrons. The van der Waals surface area contributed by atoms with Crippen LogP contribution in [0.15, 0.2) is 73.1 Å². The molecule has 0 unspecified atom stereocenters. The third-order valence-electron chi connectivity index (χ3n) is 10.4. The van der Waals surface area contributed by atoms with Crippen molar-refractivity contribution in [3.8, 4) is 33.6 Å². The number of benzene rings is 3. The van der Waals surface area contributed by atoms with Crippen LogP contribution in [0.25, 0.3) is 44.4 Å². The number of aromatic nitrogens is 4. The number of piperidine rings is 2. The van der Waals surface area contributed by atoms with E-state index in [0.717, 1.165) is 23.0 Å². The van der Waals surface area contributed by atoms with Gasteiger partial charge in [-0.15, -0.1) is 0 Å². The topological polar surface area (TPSA) is 81.4 Å². The Morgan fingerprint density at radius 3 is 1.60 bits per heavy atom. The van der Waals surface area contributed by atoms with E-state index in [-0.39, 0.29) is 0 Å². The second-order valence-electron chi connectivity index (χ2n) is 13.4. The Kier molecular flexibility index (Phi) is 4.56. The van der Waals surface area contributed by atoms with Gasteiger partial charge in [-0.1, -0.05) is 62.4 Å². The lowest BCUT2D eigenvalue weighted by Gasteiger charge is -2.11. The average Bonchev–Trinajstić information content (AvgIpc) is 3.46. The summed E-state index contributed by atoms with van der Waals surface area (Å²) in [5.74, 6) is 2.13. The first kappa shape index (κ1) is 23.0. The van der Waals surface area contributed by atoms with Crippen molar-refractivity contribution in [1.29, 1.82) is 0 Å². The Hall–Kier alpha value is -3.74. The maximum Gasteiger partial charge on any atom is 0.123 e. The summed E-state index contributed by atoms with van der Waals surface area (Å²) in [6.07, 6.45) is 8.91. The van der Waals surface area contributed by atoms with E-state index in [4.69, 9.17) is 9.97 Å². The van der Waals surface area contributed by atoms with Crippen molar-refractivity contribution in [3.63, 3.8) is 0 Å². The predicted octanol–water partition coefficient (Wildman–Crippen LogP) is 6.91. The van der Waals surface area contributed by atoms with Gasteiger partial charge in [0.25, 0.3) is 0 Å². The van der Waals surface area contributed by atoms with E-state index < -0.39 is 0 Å². The smallest absolute Gasteiger partial charge is 0.123 e. The minimum absolute atomic E-state index is 0.348. The Morgan fingerprint density at radius 2 is 1.05 bits per heavy atom. The van der Waals surface area contributed by atoms with Crippen LogP contribution in [-0.4, -0.2) is 32.0 Å². The second kappa shape index (κ2) is 7.93. The van der Waals surface area contributed by atoms with Gasteiger partial charge in [0, 0.05) is 17.6 Å². The van der Waals surface area contributed by atoms with Gasteiger partial charge < -0.3 is 20.6 Å². The highest BCUT2D eigenvalue weighted by atomic mass is 15.1. The number of imidazole rings is 2. The van der Waals surface area contributed by atoms with Gasteiger partial charge >= 0.3 is 0 Å². The van der Waals surface area contributed by atoms with E-state index in [1.807, 2.05) is 12.4 Å². The number of nitrogens with zero attached hydrogens (tertiary/aromatic N) is 2. The van der Waals surface area contributed by atoms with Crippen LogP contribution in [0.3, 0.4) is 0 Å². The second-order valence-corrected chi connectivity index (χ2v) is 13.4. The molecule has 4 fully saturated rings. The van der Waals surface area contributed by atoms with Crippen LogP contribution in [0, 0.1) is 10.8 Å². The molecular formula is C34H34N6. The summed E-state index contributed by atoms with van der Waals surface area (Å²) < 4.78 is 0. The molecule has 6 heteroatoms. The Labute approximate surface area is 234 Å². The SMILES string of the molecule is C[C@]12C[C@@H](c3ncc(-c4ccc(-c5ccc6cc(-c7cnc([C@@H]8C[C@]9(C)C[C@@H]9N8)[nH]7)ccc6c5)cc4)[nH]3)N[C@H]1C2. The first-order valence-corrected chi connectivity index (χ1v) is 14.7. The fourth-order valence-electron chi connectivity index (χ4n) is 7.43. The van der Waals surface area contributed by atoms with Crippen molar-refractivity contribution in [2.24, 2.45) is 10.8 Å². The first-order valence-electron chi connectivity index (χ1n) is 14.7. The summed E-state index contributed by atoms with van der Waals surface area (Å²) in [6, 6.07) is 24.3. The minimum Gasteiger partial charge on any atom is -0.341 e. The lowest BCUT2D eigenvalue weighted by molar-refractivity contribution is 0.488. The lowest BCUT2D eigenvalue weighted by Crippen LogP contribution is -2.18. The predicted molar refractivity (Wildman–Crippen MR) is 159 cm³/mol. The Bertz CT molecular complexity index is 1780. The summed E-state index contributed by atoms with van der Waals surface area (Å²) in [5, 5.41) is 9.93. The fraction of sp³-hybridized carbons (Fsp3) is 0.353. The van der Waals surface area contributed by atoms with Gasteiger partial charge in [-0.2, -0.15) is 0 Å². The molecule has 2 saturated heterocycles. The normalized spacial score (nSPS) is 31.9. The summed E-state index contributed by atoms with van der Waals surface area (Å²) >= 11 is 0. The molecule has 4 heterocycles. The zero-order chi connectivity index (χ0) is 26.6. The Balaban J connectivity index is 0.925. The monoisotopic (exact) mass is 526 g/mol. The molecular weight excluding hydrogens is 492 g/mol. The van der Waals surface area contributed by atoms with Crippen molar-refractivity contribution < 1.29 is 0 Å². The largest absolute Gasteiger partial charge is 0.341 e. The Morgan fingerprint density at radius 1 is 0.575 bits per heavy atom. The quantitative estimate of drug-likeness (QED) is 0.201. The molecule has 0 spiro atoms. The molecule has 4 aliphatic rings. The summed E-state index contributed by atoms with van der Waals surface area (Å²) in [6.45, 7) is 4.76. The van der Waals surface area contributed by atoms with Crippen LogP contribution in [-0.2, 0) is 0 Å². The maximum atomic E-state index is 4.72. The van der Waals surface area contributed by atoms with E-state index in [1.54, 1.807) is 0 Å². The molecule has 2 aliphatic carbocycles. The molecule has 6 atom stereocenters. The molecule has 40 heavy (non-hydrogen) atoms. The minimum atomic E-state index is 0.348. The van der Waals surface area contributed by atoms with Gasteiger partial charge in [0.1, 0.15) is 11.6 Å². The van der Waals surface area contributed by atoms with E-state index in [1.165, 1.54) is 58.7 Å². The maximum absolute atomic E-state index is 4.72. The third-order valence-corrected chi connectivity index (χ3v) is 10.4. The highest BCUT2D eigenvalue weighted by Crippen LogP contribution is 2.58. The van der Waals surface area contributed by atoms with E-state index in [0.29, 0.717) is 35.0 Å². The van der Waals surface area contributed by atoms with Crippen LogP contribution in [0.4, 0.5) is 0 Å². The highest BCUT2D eigenvalue weighted by molar-refractivity contribution is 5.90. The zero-order valence-corrected chi connectivity index (χ0v) is 23.0. The van der Waals surface area contributed by atoms with E-state index >= 15 is 0 Å². The summed E-state index contributed by atoms with van der Waals surface area (Å²) in [4.78, 5) is 16.6. The van der Waals surface area contributed by atoms with Crippen LogP contribution in [0.5, 0.6) is 0 Å². The first-order chi connectivity index (χ1) is 19.4. The number of rotatable bonds is 5. The van der Waals surface area contributed by atoms with Gasteiger partial charge in [-0.05, 0) is 76.1 Å². The number of fused-ring (bicyclic) bond motifs is 3. The van der Waals surface area contributed by atoms with Crippen molar-refractivity contribution in [2.45, 2.75) is 63.7 Å². The summed E-state index contributed by atoms with van der Waals surface area (Å²) in [5.41, 5.74) is 7.91. The van der Waals surface area contributed by atoms with Crippen molar-refractivity contribution in [2.75, 3.05) is 0 Å². The van der Waals surface area contributed by atoms with Crippen LogP contribution >= 0.6 is 0 Å². The highest BCUT2D eigenvalue weighted by Gasteiger charge is 2.58. The van der Waals surface area contributed by atoms with Gasteiger partial charge in [0.15, 0.2) is 0 Å². The van der Waals surface area contributed by atoms with Crippen molar-refractivity contribution in [3.05, 3.63) is 84.7 Å². The zero-order valence-electron chi connectivity index (χ0n) is 23.0. The number of aromatic amines is 2. The van der Waals surface area contributed by atoms with Gasteiger partial charge in [0.05, 0.1) is 35.9 Å². The number of nitrogens with one attached hydrogen (secondary N) is 4. The van der Waals surface area contributed by atoms with Gasteiger partial charge in [-0.3, -0.25) is 0 Å². The van der Waals surface area contributed by atoms with Gasteiger partial charge in [0.2, 0.25) is 0 Å².